The van der Waals surface area contributed by atoms with Crippen molar-refractivity contribution in [3.05, 3.63) is 35.4 Å². The maximum absolute atomic E-state index is 13.8. The first-order chi connectivity index (χ1) is 12.5. The summed E-state index contributed by atoms with van der Waals surface area (Å²) in [5, 5.41) is 2.96. The van der Waals surface area contributed by atoms with Gasteiger partial charge < -0.3 is 15.1 Å². The second-order valence-electron chi connectivity index (χ2n) is 6.51. The Morgan fingerprint density at radius 1 is 1.19 bits per heavy atom. The van der Waals surface area contributed by atoms with Crippen LogP contribution in [0, 0.1) is 17.6 Å². The average molecular weight is 367 g/mol. The molecule has 1 fully saturated rings. The first-order valence-corrected chi connectivity index (χ1v) is 9.20. The second kappa shape index (κ2) is 9.62. The van der Waals surface area contributed by atoms with Crippen LogP contribution in [0.1, 0.15) is 37.0 Å². The number of nitrogens with one attached hydrogen (secondary N) is 1. The van der Waals surface area contributed by atoms with Crippen molar-refractivity contribution in [3.8, 4) is 0 Å². The number of piperidine rings is 1. The molecule has 1 aliphatic heterocycles. The van der Waals surface area contributed by atoms with E-state index in [1.54, 1.807) is 0 Å². The first kappa shape index (κ1) is 20.3. The lowest BCUT2D eigenvalue weighted by atomic mass is 9.95. The fourth-order valence-electron chi connectivity index (χ4n) is 3.20. The Hall–Kier alpha value is -2.02. The standard InChI is InChI=1S/C19H27F2N3O2/c1-3-23(4-2)12-9-22-18(25)14-7-10-24(11-8-14)19(26)16-6-5-15(20)13-17(16)21/h5-6,13-14H,3-4,7-12H2,1-2H3,(H,22,25). The third-order valence-electron chi connectivity index (χ3n) is 4.94. The van der Waals surface area contributed by atoms with Gasteiger partial charge in [0.25, 0.3) is 5.91 Å². The number of rotatable bonds is 7. The lowest BCUT2D eigenvalue weighted by Gasteiger charge is -2.31. The van der Waals surface area contributed by atoms with E-state index in [-0.39, 0.29) is 17.4 Å². The van der Waals surface area contributed by atoms with Gasteiger partial charge in [0.05, 0.1) is 5.56 Å². The largest absolute Gasteiger partial charge is 0.355 e. The van der Waals surface area contributed by atoms with Gasteiger partial charge in [-0.15, -0.1) is 0 Å². The smallest absolute Gasteiger partial charge is 0.256 e. The summed E-state index contributed by atoms with van der Waals surface area (Å²) in [6.07, 6.45) is 1.09. The van der Waals surface area contributed by atoms with E-state index >= 15 is 0 Å². The number of carbonyl (C=O) groups excluding carboxylic acids is 2. The number of benzene rings is 1. The van der Waals surface area contributed by atoms with Crippen LogP contribution in [0.15, 0.2) is 18.2 Å². The maximum Gasteiger partial charge on any atom is 0.256 e. The lowest BCUT2D eigenvalue weighted by Crippen LogP contribution is -2.44. The van der Waals surface area contributed by atoms with Crippen LogP contribution in [-0.2, 0) is 4.79 Å². The predicted molar refractivity (Wildman–Crippen MR) is 95.8 cm³/mol. The summed E-state index contributed by atoms with van der Waals surface area (Å²) in [5.41, 5.74) is -0.131. The number of likely N-dealkylation sites (N-methyl/N-ethyl adjacent to an activating group) is 1. The number of halogens is 2. The molecule has 144 valence electrons. The molecule has 2 amide bonds. The molecule has 5 nitrogen and oxygen atoms in total. The van der Waals surface area contributed by atoms with Crippen molar-refractivity contribution in [1.29, 1.82) is 0 Å². The molecule has 2 rings (SSSR count). The van der Waals surface area contributed by atoms with E-state index in [2.05, 4.69) is 24.1 Å². The van der Waals surface area contributed by atoms with Gasteiger partial charge in [-0.3, -0.25) is 9.59 Å². The van der Waals surface area contributed by atoms with Gasteiger partial charge in [0.15, 0.2) is 0 Å². The molecule has 0 atom stereocenters. The molecule has 26 heavy (non-hydrogen) atoms. The van der Waals surface area contributed by atoms with Gasteiger partial charge in [-0.2, -0.15) is 0 Å². The highest BCUT2D eigenvalue weighted by molar-refractivity contribution is 5.94. The molecule has 0 aliphatic carbocycles. The molecule has 0 bridgehead atoms. The van der Waals surface area contributed by atoms with E-state index in [9.17, 15) is 18.4 Å². The van der Waals surface area contributed by atoms with E-state index in [0.29, 0.717) is 38.5 Å². The minimum atomic E-state index is -0.855. The summed E-state index contributed by atoms with van der Waals surface area (Å²) in [6.45, 7) is 8.29. The van der Waals surface area contributed by atoms with Crippen LogP contribution in [-0.4, -0.2) is 60.9 Å². The van der Waals surface area contributed by atoms with Crippen LogP contribution < -0.4 is 5.32 Å². The highest BCUT2D eigenvalue weighted by atomic mass is 19.1. The van der Waals surface area contributed by atoms with Crippen LogP contribution in [0.2, 0.25) is 0 Å². The summed E-state index contributed by atoms with van der Waals surface area (Å²) < 4.78 is 26.7. The highest BCUT2D eigenvalue weighted by Crippen LogP contribution is 2.20. The molecule has 1 aliphatic rings. The monoisotopic (exact) mass is 367 g/mol. The average Bonchev–Trinajstić information content (AvgIpc) is 2.65. The van der Waals surface area contributed by atoms with Crippen LogP contribution >= 0.6 is 0 Å². The van der Waals surface area contributed by atoms with Crippen molar-refractivity contribution in [2.24, 2.45) is 5.92 Å². The van der Waals surface area contributed by atoms with Crippen LogP contribution in [0.25, 0.3) is 0 Å². The topological polar surface area (TPSA) is 52.7 Å². The molecule has 0 spiro atoms. The SMILES string of the molecule is CCN(CC)CCNC(=O)C1CCN(C(=O)c2ccc(F)cc2F)CC1. The molecule has 0 radical (unpaired) electrons. The van der Waals surface area contributed by atoms with Crippen LogP contribution in [0.4, 0.5) is 8.78 Å². The van der Waals surface area contributed by atoms with Crippen molar-refractivity contribution >= 4 is 11.8 Å². The summed E-state index contributed by atoms with van der Waals surface area (Å²) in [6, 6.07) is 2.95. The number of nitrogens with zero attached hydrogens (tertiary/aromatic N) is 2. The minimum Gasteiger partial charge on any atom is -0.355 e. The quantitative estimate of drug-likeness (QED) is 0.804. The lowest BCUT2D eigenvalue weighted by molar-refractivity contribution is -0.126. The fourth-order valence-corrected chi connectivity index (χ4v) is 3.20. The normalized spacial score (nSPS) is 15.3. The van der Waals surface area contributed by atoms with Crippen LogP contribution in [0.5, 0.6) is 0 Å². The summed E-state index contributed by atoms with van der Waals surface area (Å²) >= 11 is 0. The number of hydrogen-bond donors (Lipinski definition) is 1. The second-order valence-corrected chi connectivity index (χ2v) is 6.51. The zero-order valence-corrected chi connectivity index (χ0v) is 15.4. The molecule has 1 N–H and O–H groups in total. The van der Waals surface area contributed by atoms with Gasteiger partial charge in [-0.05, 0) is 38.1 Å². The fraction of sp³-hybridized carbons (Fsp3) is 0.579. The Morgan fingerprint density at radius 3 is 2.42 bits per heavy atom. The number of carbonyl (C=O) groups is 2. The van der Waals surface area contributed by atoms with Gasteiger partial charge in [-0.1, -0.05) is 13.8 Å². The zero-order valence-electron chi connectivity index (χ0n) is 15.4. The predicted octanol–water partition coefficient (Wildman–Crippen LogP) is 2.28. The highest BCUT2D eigenvalue weighted by Gasteiger charge is 2.28. The summed E-state index contributed by atoms with van der Waals surface area (Å²) in [4.78, 5) is 28.4. The number of amides is 2. The zero-order chi connectivity index (χ0) is 19.1. The van der Waals surface area contributed by atoms with Gasteiger partial charge >= 0.3 is 0 Å². The molecule has 1 aromatic rings. The van der Waals surface area contributed by atoms with Crippen molar-refractivity contribution in [2.75, 3.05) is 39.3 Å². The molecule has 1 aromatic carbocycles. The van der Waals surface area contributed by atoms with Crippen molar-refractivity contribution in [3.63, 3.8) is 0 Å². The minimum absolute atomic E-state index is 0.0113. The molecule has 0 aromatic heterocycles. The Bertz CT molecular complexity index is 627. The van der Waals surface area contributed by atoms with Gasteiger partial charge in [0.2, 0.25) is 5.91 Å². The maximum atomic E-state index is 13.8. The van der Waals surface area contributed by atoms with Crippen LogP contribution in [0.3, 0.4) is 0 Å². The van der Waals surface area contributed by atoms with Crippen molar-refractivity contribution in [1.82, 2.24) is 15.1 Å². The third kappa shape index (κ3) is 5.24. The molecule has 0 saturated carbocycles. The van der Waals surface area contributed by atoms with Gasteiger partial charge in [-0.25, -0.2) is 8.78 Å². The summed E-state index contributed by atoms with van der Waals surface area (Å²) in [7, 11) is 0. The van der Waals surface area contributed by atoms with Crippen molar-refractivity contribution < 1.29 is 18.4 Å². The molecular weight excluding hydrogens is 340 g/mol. The molecule has 0 unspecified atom stereocenters. The van der Waals surface area contributed by atoms with E-state index < -0.39 is 17.5 Å². The van der Waals surface area contributed by atoms with E-state index in [1.165, 1.54) is 11.0 Å². The van der Waals surface area contributed by atoms with E-state index in [4.69, 9.17) is 0 Å². The Labute approximate surface area is 153 Å². The number of hydrogen-bond acceptors (Lipinski definition) is 3. The third-order valence-corrected chi connectivity index (χ3v) is 4.94. The van der Waals surface area contributed by atoms with Crippen molar-refractivity contribution in [2.45, 2.75) is 26.7 Å². The van der Waals surface area contributed by atoms with E-state index in [1.807, 2.05) is 0 Å². The van der Waals surface area contributed by atoms with Gasteiger partial charge in [0, 0.05) is 38.2 Å². The molecule has 1 saturated heterocycles. The molecule has 7 heteroatoms. The number of likely N-dealkylation sites (tertiary alicyclic amines) is 1. The first-order valence-electron chi connectivity index (χ1n) is 9.20. The summed E-state index contributed by atoms with van der Waals surface area (Å²) in [5.74, 6) is -2.14. The Balaban J connectivity index is 1.81. The Morgan fingerprint density at radius 2 is 1.85 bits per heavy atom. The Kier molecular flexibility index (Phi) is 7.50. The van der Waals surface area contributed by atoms with Gasteiger partial charge in [0.1, 0.15) is 11.6 Å². The van der Waals surface area contributed by atoms with E-state index in [0.717, 1.165) is 25.7 Å². The molecular formula is C19H27F2N3O2. The molecule has 1 heterocycles.